The maximum absolute atomic E-state index is 9.49. The van der Waals surface area contributed by atoms with Gasteiger partial charge in [0.05, 0.1) is 0 Å². The van der Waals surface area contributed by atoms with E-state index < -0.39 is 0 Å². The first-order valence-electron chi connectivity index (χ1n) is 5.88. The van der Waals surface area contributed by atoms with Crippen LogP contribution in [0.4, 0.5) is 0 Å². The molecule has 1 fully saturated rings. The van der Waals surface area contributed by atoms with Gasteiger partial charge in [-0.25, -0.2) is 0 Å². The predicted octanol–water partition coefficient (Wildman–Crippen LogP) is 3.53. The van der Waals surface area contributed by atoms with E-state index in [1.807, 2.05) is 12.1 Å². The summed E-state index contributed by atoms with van der Waals surface area (Å²) in [7, 11) is 0. The van der Waals surface area contributed by atoms with Gasteiger partial charge in [0.1, 0.15) is 5.75 Å². The number of halogens is 1. The molecule has 1 atom stereocenters. The molecule has 16 heavy (non-hydrogen) atoms. The van der Waals surface area contributed by atoms with Crippen molar-refractivity contribution in [3.63, 3.8) is 0 Å². The Morgan fingerprint density at radius 3 is 3.00 bits per heavy atom. The number of benzene rings is 1. The van der Waals surface area contributed by atoms with Crippen molar-refractivity contribution >= 4 is 15.9 Å². The minimum absolute atomic E-state index is 0.350. The molecular weight excluding hydrogens is 266 g/mol. The summed E-state index contributed by atoms with van der Waals surface area (Å²) in [6, 6.07) is 6.14. The van der Waals surface area contributed by atoms with E-state index in [9.17, 15) is 5.11 Å². The van der Waals surface area contributed by atoms with Gasteiger partial charge >= 0.3 is 0 Å². The Bertz CT molecular complexity index is 367. The van der Waals surface area contributed by atoms with Crippen LogP contribution in [0.3, 0.4) is 0 Å². The third-order valence-electron chi connectivity index (χ3n) is 3.34. The van der Waals surface area contributed by atoms with Crippen molar-refractivity contribution in [3.8, 4) is 5.75 Å². The van der Waals surface area contributed by atoms with Gasteiger partial charge in [-0.05, 0) is 50.1 Å². The molecule has 1 saturated heterocycles. The Kier molecular flexibility index (Phi) is 3.87. The average molecular weight is 284 g/mol. The molecule has 1 aliphatic rings. The minimum Gasteiger partial charge on any atom is -0.508 e. The molecule has 1 heterocycles. The fourth-order valence-corrected chi connectivity index (χ4v) is 2.67. The number of aromatic hydroxyl groups is 1. The summed E-state index contributed by atoms with van der Waals surface area (Å²) in [6.07, 6.45) is 3.93. The smallest absolute Gasteiger partial charge is 0.115 e. The van der Waals surface area contributed by atoms with E-state index in [2.05, 4.69) is 27.8 Å². The van der Waals surface area contributed by atoms with Gasteiger partial charge in [0.15, 0.2) is 0 Å². The van der Waals surface area contributed by atoms with E-state index in [0.717, 1.165) is 11.0 Å². The molecular formula is C13H18BrNO. The number of rotatable bonds is 2. The Hall–Kier alpha value is -0.540. The second kappa shape index (κ2) is 5.19. The second-order valence-corrected chi connectivity index (χ2v) is 5.45. The van der Waals surface area contributed by atoms with Crippen molar-refractivity contribution in [1.29, 1.82) is 0 Å². The maximum Gasteiger partial charge on any atom is 0.115 e. The van der Waals surface area contributed by atoms with Crippen LogP contribution in [-0.4, -0.2) is 22.6 Å². The number of phenols is 1. The van der Waals surface area contributed by atoms with Crippen molar-refractivity contribution in [3.05, 3.63) is 28.2 Å². The fraction of sp³-hybridized carbons (Fsp3) is 0.538. The van der Waals surface area contributed by atoms with Crippen LogP contribution in [0, 0.1) is 0 Å². The summed E-state index contributed by atoms with van der Waals surface area (Å²) < 4.78 is 1.09. The number of hydrogen-bond acceptors (Lipinski definition) is 2. The summed E-state index contributed by atoms with van der Waals surface area (Å²) in [4.78, 5) is 2.49. The molecule has 3 heteroatoms. The van der Waals surface area contributed by atoms with Crippen molar-refractivity contribution in [2.24, 2.45) is 0 Å². The lowest BCUT2D eigenvalue weighted by atomic mass is 10.0. The van der Waals surface area contributed by atoms with Gasteiger partial charge in [0.25, 0.3) is 0 Å². The highest BCUT2D eigenvalue weighted by Crippen LogP contribution is 2.26. The van der Waals surface area contributed by atoms with Gasteiger partial charge in [0, 0.05) is 17.1 Å². The van der Waals surface area contributed by atoms with E-state index in [-0.39, 0.29) is 0 Å². The summed E-state index contributed by atoms with van der Waals surface area (Å²) in [5.41, 5.74) is 1.17. The Balaban J connectivity index is 2.10. The Morgan fingerprint density at radius 1 is 1.44 bits per heavy atom. The molecule has 0 bridgehead atoms. The molecule has 88 valence electrons. The summed E-state index contributed by atoms with van der Waals surface area (Å²) in [6.45, 7) is 4.38. The number of likely N-dealkylation sites (tertiary alicyclic amines) is 1. The van der Waals surface area contributed by atoms with Gasteiger partial charge in [-0.2, -0.15) is 0 Å². The van der Waals surface area contributed by atoms with Crippen LogP contribution in [0.25, 0.3) is 0 Å². The molecule has 2 nitrogen and oxygen atoms in total. The molecule has 0 aliphatic carbocycles. The normalized spacial score (nSPS) is 22.2. The minimum atomic E-state index is 0.350. The standard InChI is InChI=1S/C13H18BrNO/c1-10-4-2-3-7-15(10)9-11-8-12(16)5-6-13(11)14/h5-6,8,10,16H,2-4,7,9H2,1H3. The highest BCUT2D eigenvalue weighted by atomic mass is 79.9. The Morgan fingerprint density at radius 2 is 2.25 bits per heavy atom. The van der Waals surface area contributed by atoms with Crippen LogP contribution < -0.4 is 0 Å². The van der Waals surface area contributed by atoms with E-state index in [4.69, 9.17) is 0 Å². The van der Waals surface area contributed by atoms with Crippen molar-refractivity contribution in [2.45, 2.75) is 38.8 Å². The van der Waals surface area contributed by atoms with Gasteiger partial charge < -0.3 is 5.11 Å². The van der Waals surface area contributed by atoms with E-state index in [1.165, 1.54) is 31.4 Å². The summed E-state index contributed by atoms with van der Waals surface area (Å²) in [5, 5.41) is 9.49. The summed E-state index contributed by atoms with van der Waals surface area (Å²) in [5.74, 6) is 0.350. The molecule has 0 radical (unpaired) electrons. The van der Waals surface area contributed by atoms with Crippen molar-refractivity contribution in [1.82, 2.24) is 4.90 Å². The number of phenolic OH excluding ortho intramolecular Hbond substituents is 1. The zero-order valence-corrected chi connectivity index (χ0v) is 11.2. The number of piperidine rings is 1. The molecule has 1 N–H and O–H groups in total. The lowest BCUT2D eigenvalue weighted by molar-refractivity contribution is 0.152. The Labute approximate surface area is 105 Å². The second-order valence-electron chi connectivity index (χ2n) is 4.59. The first kappa shape index (κ1) is 11.9. The highest BCUT2D eigenvalue weighted by molar-refractivity contribution is 9.10. The number of hydrogen-bond donors (Lipinski definition) is 1. The van der Waals surface area contributed by atoms with E-state index in [1.54, 1.807) is 6.07 Å². The summed E-state index contributed by atoms with van der Waals surface area (Å²) >= 11 is 3.54. The van der Waals surface area contributed by atoms with Crippen molar-refractivity contribution < 1.29 is 5.11 Å². The largest absolute Gasteiger partial charge is 0.508 e. The van der Waals surface area contributed by atoms with Gasteiger partial charge in [-0.1, -0.05) is 22.4 Å². The first-order valence-corrected chi connectivity index (χ1v) is 6.67. The third-order valence-corrected chi connectivity index (χ3v) is 4.12. The molecule has 1 unspecified atom stereocenters. The van der Waals surface area contributed by atoms with Crippen LogP contribution in [0.2, 0.25) is 0 Å². The third kappa shape index (κ3) is 2.77. The van der Waals surface area contributed by atoms with Crippen LogP contribution >= 0.6 is 15.9 Å². The SMILES string of the molecule is CC1CCCCN1Cc1cc(O)ccc1Br. The van der Waals surface area contributed by atoms with Crippen LogP contribution in [0.15, 0.2) is 22.7 Å². The fourth-order valence-electron chi connectivity index (χ4n) is 2.29. The highest BCUT2D eigenvalue weighted by Gasteiger charge is 2.18. The average Bonchev–Trinajstić information content (AvgIpc) is 2.27. The molecule has 0 amide bonds. The molecule has 0 spiro atoms. The molecule has 2 rings (SSSR count). The molecule has 0 saturated carbocycles. The predicted molar refractivity (Wildman–Crippen MR) is 69.5 cm³/mol. The molecule has 0 aromatic heterocycles. The van der Waals surface area contributed by atoms with Gasteiger partial charge in [-0.3, -0.25) is 4.90 Å². The maximum atomic E-state index is 9.49. The van der Waals surface area contributed by atoms with Crippen LogP contribution in [-0.2, 0) is 6.54 Å². The van der Waals surface area contributed by atoms with Gasteiger partial charge in [-0.15, -0.1) is 0 Å². The quantitative estimate of drug-likeness (QED) is 0.898. The zero-order valence-electron chi connectivity index (χ0n) is 9.62. The van der Waals surface area contributed by atoms with E-state index >= 15 is 0 Å². The number of nitrogens with zero attached hydrogens (tertiary/aromatic N) is 1. The van der Waals surface area contributed by atoms with E-state index in [0.29, 0.717) is 11.8 Å². The van der Waals surface area contributed by atoms with Crippen molar-refractivity contribution in [2.75, 3.05) is 6.54 Å². The lowest BCUT2D eigenvalue weighted by Gasteiger charge is -2.33. The molecule has 1 aliphatic heterocycles. The molecule has 1 aromatic carbocycles. The zero-order chi connectivity index (χ0) is 11.5. The monoisotopic (exact) mass is 283 g/mol. The lowest BCUT2D eigenvalue weighted by Crippen LogP contribution is -2.36. The first-order chi connectivity index (χ1) is 7.66. The topological polar surface area (TPSA) is 23.5 Å². The van der Waals surface area contributed by atoms with Crippen LogP contribution in [0.1, 0.15) is 31.7 Å². The van der Waals surface area contributed by atoms with Gasteiger partial charge in [0.2, 0.25) is 0 Å². The van der Waals surface area contributed by atoms with Crippen LogP contribution in [0.5, 0.6) is 5.75 Å². The molecule has 1 aromatic rings.